The first kappa shape index (κ1) is 18.4. The minimum atomic E-state index is 0.140. The molecule has 28 heavy (non-hydrogen) atoms. The summed E-state index contributed by atoms with van der Waals surface area (Å²) < 4.78 is 0. The summed E-state index contributed by atoms with van der Waals surface area (Å²) in [5, 5.41) is 0. The molecule has 1 aliphatic rings. The van der Waals surface area contributed by atoms with Gasteiger partial charge in [-0.25, -0.2) is 4.98 Å². The van der Waals surface area contributed by atoms with E-state index in [2.05, 4.69) is 58.2 Å². The molecule has 1 aliphatic heterocycles. The number of aryl methyl sites for hydroxylation is 2. The highest BCUT2D eigenvalue weighted by Gasteiger charge is 2.33. The van der Waals surface area contributed by atoms with Crippen LogP contribution in [0.5, 0.6) is 0 Å². The number of amides is 1. The number of hydrogen-bond acceptors (Lipinski definition) is 3. The van der Waals surface area contributed by atoms with Crippen molar-refractivity contribution in [1.29, 1.82) is 0 Å². The molecular formula is C23H26N4O. The number of nitrogens with one attached hydrogen (secondary N) is 1. The number of hydrogen-bond donors (Lipinski definition) is 1. The van der Waals surface area contributed by atoms with Crippen LogP contribution in [0.1, 0.15) is 22.5 Å². The summed E-state index contributed by atoms with van der Waals surface area (Å²) in [4.78, 5) is 24.7. The number of imidazole rings is 1. The molecule has 0 bridgehead atoms. The second-order valence-corrected chi connectivity index (χ2v) is 7.56. The Balaban J connectivity index is 1.59. The van der Waals surface area contributed by atoms with E-state index in [4.69, 9.17) is 0 Å². The van der Waals surface area contributed by atoms with Gasteiger partial charge in [0.1, 0.15) is 0 Å². The minimum Gasteiger partial charge on any atom is -0.348 e. The summed E-state index contributed by atoms with van der Waals surface area (Å²) in [5.74, 6) is 0.140. The molecule has 0 aliphatic carbocycles. The van der Waals surface area contributed by atoms with Crippen LogP contribution in [0.25, 0.3) is 0 Å². The number of nitrogens with zero attached hydrogens (tertiary/aromatic N) is 3. The Morgan fingerprint density at radius 3 is 2.50 bits per heavy atom. The molecule has 1 aromatic heterocycles. The van der Waals surface area contributed by atoms with Crippen LogP contribution in [0.4, 0.5) is 5.69 Å². The van der Waals surface area contributed by atoms with E-state index in [1.807, 2.05) is 30.0 Å². The molecule has 4 rings (SSSR count). The van der Waals surface area contributed by atoms with Gasteiger partial charge in [0, 0.05) is 30.5 Å². The molecule has 2 aromatic carbocycles. The maximum atomic E-state index is 13.0. The lowest BCUT2D eigenvalue weighted by Gasteiger charge is -2.41. The molecule has 1 N–H and O–H groups in total. The zero-order valence-corrected chi connectivity index (χ0v) is 16.4. The fourth-order valence-corrected chi connectivity index (χ4v) is 3.79. The van der Waals surface area contributed by atoms with Crippen molar-refractivity contribution in [1.82, 2.24) is 14.9 Å². The molecule has 0 saturated carbocycles. The van der Waals surface area contributed by atoms with E-state index >= 15 is 0 Å². The summed E-state index contributed by atoms with van der Waals surface area (Å²) in [7, 11) is 0. The van der Waals surface area contributed by atoms with Crippen molar-refractivity contribution in [3.8, 4) is 0 Å². The molecule has 144 valence electrons. The molecule has 5 nitrogen and oxygen atoms in total. The number of aromatic nitrogens is 2. The van der Waals surface area contributed by atoms with Crippen molar-refractivity contribution in [3.63, 3.8) is 0 Å². The maximum absolute atomic E-state index is 13.0. The van der Waals surface area contributed by atoms with Crippen LogP contribution in [0.2, 0.25) is 0 Å². The Bertz CT molecular complexity index is 933. The van der Waals surface area contributed by atoms with Crippen LogP contribution in [0.3, 0.4) is 0 Å². The van der Waals surface area contributed by atoms with E-state index in [9.17, 15) is 4.79 Å². The predicted molar refractivity (Wildman–Crippen MR) is 111 cm³/mol. The second-order valence-electron chi connectivity index (χ2n) is 7.56. The molecule has 1 saturated heterocycles. The van der Waals surface area contributed by atoms with Crippen molar-refractivity contribution >= 4 is 11.6 Å². The number of piperazine rings is 1. The van der Waals surface area contributed by atoms with E-state index in [-0.39, 0.29) is 11.9 Å². The van der Waals surface area contributed by atoms with Gasteiger partial charge in [-0.2, -0.15) is 0 Å². The quantitative estimate of drug-likeness (QED) is 0.744. The molecule has 1 amide bonds. The predicted octanol–water partition coefficient (Wildman–Crippen LogP) is 3.49. The largest absolute Gasteiger partial charge is 0.348 e. The van der Waals surface area contributed by atoms with Gasteiger partial charge >= 0.3 is 0 Å². The minimum absolute atomic E-state index is 0.140. The van der Waals surface area contributed by atoms with Crippen LogP contribution in [-0.2, 0) is 17.8 Å². The van der Waals surface area contributed by atoms with E-state index in [1.54, 1.807) is 6.33 Å². The van der Waals surface area contributed by atoms with Crippen LogP contribution < -0.4 is 4.90 Å². The number of aromatic amines is 1. The van der Waals surface area contributed by atoms with Crippen LogP contribution in [-0.4, -0.2) is 39.9 Å². The Morgan fingerprint density at radius 1 is 1.07 bits per heavy atom. The van der Waals surface area contributed by atoms with Gasteiger partial charge < -0.3 is 9.88 Å². The van der Waals surface area contributed by atoms with Gasteiger partial charge in [-0.3, -0.25) is 9.69 Å². The number of benzene rings is 2. The SMILES string of the molecule is Cc1ccc(N2C[C@@H](Cc3ccccc3)N(Cc3nc[nH]c3C)CC2=O)cc1. The lowest BCUT2D eigenvalue weighted by Crippen LogP contribution is -2.56. The fraction of sp³-hybridized carbons (Fsp3) is 0.304. The van der Waals surface area contributed by atoms with Crippen LogP contribution >= 0.6 is 0 Å². The van der Waals surface area contributed by atoms with Gasteiger partial charge in [0.25, 0.3) is 0 Å². The maximum Gasteiger partial charge on any atom is 0.241 e. The fourth-order valence-electron chi connectivity index (χ4n) is 3.79. The van der Waals surface area contributed by atoms with E-state index in [0.29, 0.717) is 19.6 Å². The number of H-pyrrole nitrogens is 1. The Kier molecular flexibility index (Phi) is 5.26. The highest BCUT2D eigenvalue weighted by atomic mass is 16.2. The lowest BCUT2D eigenvalue weighted by atomic mass is 10.0. The third-order valence-electron chi connectivity index (χ3n) is 5.50. The average Bonchev–Trinajstić information content (AvgIpc) is 3.10. The van der Waals surface area contributed by atoms with E-state index in [0.717, 1.165) is 23.5 Å². The number of carbonyl (C=O) groups excluding carboxylic acids is 1. The van der Waals surface area contributed by atoms with Gasteiger partial charge in [0.2, 0.25) is 5.91 Å². The Hall–Kier alpha value is -2.92. The molecule has 1 fully saturated rings. The van der Waals surface area contributed by atoms with E-state index in [1.165, 1.54) is 11.1 Å². The first-order chi connectivity index (χ1) is 13.6. The molecule has 0 radical (unpaired) electrons. The van der Waals surface area contributed by atoms with Crippen molar-refractivity contribution in [2.75, 3.05) is 18.0 Å². The van der Waals surface area contributed by atoms with Gasteiger partial charge in [-0.1, -0.05) is 48.0 Å². The summed E-state index contributed by atoms with van der Waals surface area (Å²) in [6.45, 7) is 5.85. The second kappa shape index (κ2) is 7.98. The summed E-state index contributed by atoms with van der Waals surface area (Å²) >= 11 is 0. The standard InChI is InChI=1S/C23H26N4O/c1-17-8-10-20(11-9-17)27-13-21(12-19-6-4-3-5-7-19)26(15-23(27)28)14-22-18(2)24-16-25-22/h3-11,16,21H,12-15H2,1-2H3,(H,24,25)/t21-/m1/s1. The molecule has 0 spiro atoms. The van der Waals surface area contributed by atoms with Crippen molar-refractivity contribution in [2.24, 2.45) is 0 Å². The van der Waals surface area contributed by atoms with Gasteiger partial charge in [0.05, 0.1) is 18.6 Å². The first-order valence-corrected chi connectivity index (χ1v) is 9.74. The van der Waals surface area contributed by atoms with Gasteiger partial charge in [-0.05, 0) is 38.0 Å². The first-order valence-electron chi connectivity index (χ1n) is 9.74. The number of rotatable bonds is 5. The summed E-state index contributed by atoms with van der Waals surface area (Å²) in [6.07, 6.45) is 2.63. The molecule has 0 unspecified atom stereocenters. The molecular weight excluding hydrogens is 348 g/mol. The molecule has 2 heterocycles. The summed E-state index contributed by atoms with van der Waals surface area (Å²) in [5.41, 5.74) is 5.53. The van der Waals surface area contributed by atoms with Gasteiger partial charge in [-0.15, -0.1) is 0 Å². The average molecular weight is 374 g/mol. The third kappa shape index (κ3) is 3.99. The monoisotopic (exact) mass is 374 g/mol. The van der Waals surface area contributed by atoms with Crippen molar-refractivity contribution in [3.05, 3.63) is 83.4 Å². The zero-order valence-electron chi connectivity index (χ0n) is 16.4. The highest BCUT2D eigenvalue weighted by Crippen LogP contribution is 2.24. The van der Waals surface area contributed by atoms with Gasteiger partial charge in [0.15, 0.2) is 0 Å². The summed E-state index contributed by atoms with van der Waals surface area (Å²) in [6, 6.07) is 18.9. The van der Waals surface area contributed by atoms with Crippen molar-refractivity contribution < 1.29 is 4.79 Å². The molecule has 5 heteroatoms. The topological polar surface area (TPSA) is 52.2 Å². The van der Waals surface area contributed by atoms with Crippen LogP contribution in [0.15, 0.2) is 60.9 Å². The van der Waals surface area contributed by atoms with Crippen molar-refractivity contribution in [2.45, 2.75) is 32.9 Å². The third-order valence-corrected chi connectivity index (χ3v) is 5.50. The Morgan fingerprint density at radius 2 is 1.82 bits per heavy atom. The number of anilines is 1. The molecule has 3 aromatic rings. The Labute approximate surface area is 166 Å². The zero-order chi connectivity index (χ0) is 19.5. The lowest BCUT2D eigenvalue weighted by molar-refractivity contribution is -0.122. The smallest absolute Gasteiger partial charge is 0.241 e. The van der Waals surface area contributed by atoms with Crippen LogP contribution in [0, 0.1) is 13.8 Å². The van der Waals surface area contributed by atoms with E-state index < -0.39 is 0 Å². The highest BCUT2D eigenvalue weighted by molar-refractivity contribution is 5.95. The normalized spacial score (nSPS) is 17.9. The molecule has 1 atom stereocenters. The number of carbonyl (C=O) groups is 1.